The minimum atomic E-state index is -1.02. The largest absolute Gasteiger partial charge is 0.480 e. The van der Waals surface area contributed by atoms with Crippen LogP contribution in [0, 0.1) is 6.92 Å². The molecule has 2 heterocycles. The van der Waals surface area contributed by atoms with Crippen LogP contribution in [-0.2, 0) is 16.1 Å². The fourth-order valence-electron chi connectivity index (χ4n) is 2.40. The molecule has 0 saturated carbocycles. The van der Waals surface area contributed by atoms with Gasteiger partial charge in [-0.2, -0.15) is 0 Å². The lowest BCUT2D eigenvalue weighted by molar-refractivity contribution is -0.139. The highest BCUT2D eigenvalue weighted by Crippen LogP contribution is 2.43. The van der Waals surface area contributed by atoms with Crippen molar-refractivity contribution in [3.05, 3.63) is 22.0 Å². The zero-order valence-corrected chi connectivity index (χ0v) is 12.4. The Morgan fingerprint density at radius 3 is 3.00 bits per heavy atom. The SMILES string of the molecule is CCCCC1OCc2c(OCC(=O)O)c(C)nc(Cl)c21. The van der Waals surface area contributed by atoms with Crippen molar-refractivity contribution in [2.75, 3.05) is 6.61 Å². The zero-order chi connectivity index (χ0) is 14.7. The highest BCUT2D eigenvalue weighted by Gasteiger charge is 2.31. The van der Waals surface area contributed by atoms with E-state index in [0.29, 0.717) is 23.2 Å². The van der Waals surface area contributed by atoms with Crippen molar-refractivity contribution in [3.63, 3.8) is 0 Å². The number of aliphatic carboxylic acids is 1. The molecule has 0 spiro atoms. The molecule has 1 unspecified atom stereocenters. The topological polar surface area (TPSA) is 68.7 Å². The first-order chi connectivity index (χ1) is 9.54. The highest BCUT2D eigenvalue weighted by molar-refractivity contribution is 6.30. The van der Waals surface area contributed by atoms with Gasteiger partial charge in [-0.25, -0.2) is 9.78 Å². The van der Waals surface area contributed by atoms with Crippen molar-refractivity contribution in [2.24, 2.45) is 0 Å². The van der Waals surface area contributed by atoms with E-state index in [2.05, 4.69) is 11.9 Å². The molecule has 0 bridgehead atoms. The molecule has 1 aromatic rings. The average molecular weight is 300 g/mol. The number of unbranched alkanes of at least 4 members (excludes halogenated alkanes) is 1. The normalized spacial score (nSPS) is 17.1. The Labute approximate surface area is 122 Å². The van der Waals surface area contributed by atoms with E-state index in [-0.39, 0.29) is 6.10 Å². The molecule has 1 aliphatic heterocycles. The van der Waals surface area contributed by atoms with E-state index in [0.717, 1.165) is 30.4 Å². The molecule has 0 saturated heterocycles. The average Bonchev–Trinajstić information content (AvgIpc) is 2.80. The molecule has 0 radical (unpaired) electrons. The third kappa shape index (κ3) is 3.04. The summed E-state index contributed by atoms with van der Waals surface area (Å²) in [6, 6.07) is 0. The van der Waals surface area contributed by atoms with E-state index in [4.69, 9.17) is 26.2 Å². The quantitative estimate of drug-likeness (QED) is 0.816. The fourth-order valence-corrected chi connectivity index (χ4v) is 2.77. The number of pyridine rings is 1. The lowest BCUT2D eigenvalue weighted by Gasteiger charge is -2.14. The zero-order valence-electron chi connectivity index (χ0n) is 11.6. The summed E-state index contributed by atoms with van der Waals surface area (Å²) in [5.41, 5.74) is 2.28. The number of carbonyl (C=O) groups is 1. The minimum absolute atomic E-state index is 0.0715. The third-order valence-electron chi connectivity index (χ3n) is 3.33. The van der Waals surface area contributed by atoms with Crippen LogP contribution in [0.3, 0.4) is 0 Å². The van der Waals surface area contributed by atoms with E-state index in [9.17, 15) is 4.79 Å². The first-order valence-corrected chi connectivity index (χ1v) is 7.07. The summed E-state index contributed by atoms with van der Waals surface area (Å²) in [5, 5.41) is 9.16. The molecule has 0 amide bonds. The summed E-state index contributed by atoms with van der Waals surface area (Å²) in [6.45, 7) is 3.87. The number of rotatable bonds is 6. The van der Waals surface area contributed by atoms with Gasteiger partial charge < -0.3 is 14.6 Å². The van der Waals surface area contributed by atoms with Crippen LogP contribution >= 0.6 is 11.6 Å². The van der Waals surface area contributed by atoms with Gasteiger partial charge in [-0.05, 0) is 13.3 Å². The van der Waals surface area contributed by atoms with Gasteiger partial charge >= 0.3 is 5.97 Å². The van der Waals surface area contributed by atoms with Gasteiger partial charge in [0.2, 0.25) is 0 Å². The van der Waals surface area contributed by atoms with Crippen LogP contribution < -0.4 is 4.74 Å². The van der Waals surface area contributed by atoms with Crippen molar-refractivity contribution in [3.8, 4) is 5.75 Å². The number of fused-ring (bicyclic) bond motifs is 1. The standard InChI is InChI=1S/C14H18ClNO4/c1-3-4-5-10-12-9(6-19-10)13(20-7-11(17)18)8(2)16-14(12)15/h10H,3-7H2,1-2H3,(H,17,18). The molecule has 0 aliphatic carbocycles. The molecular weight excluding hydrogens is 282 g/mol. The van der Waals surface area contributed by atoms with Gasteiger partial charge in [-0.15, -0.1) is 0 Å². The predicted molar refractivity (Wildman–Crippen MR) is 74.2 cm³/mol. The van der Waals surface area contributed by atoms with Gasteiger partial charge in [0.15, 0.2) is 6.61 Å². The van der Waals surface area contributed by atoms with Crippen LogP contribution in [0.2, 0.25) is 5.15 Å². The van der Waals surface area contributed by atoms with Crippen molar-refractivity contribution in [1.82, 2.24) is 4.98 Å². The van der Waals surface area contributed by atoms with Gasteiger partial charge in [-0.3, -0.25) is 0 Å². The molecule has 1 aromatic heterocycles. The summed E-state index contributed by atoms with van der Waals surface area (Å²) < 4.78 is 11.1. The maximum absolute atomic E-state index is 10.7. The summed E-state index contributed by atoms with van der Waals surface area (Å²) >= 11 is 6.22. The molecule has 1 atom stereocenters. The van der Waals surface area contributed by atoms with E-state index in [1.807, 2.05) is 0 Å². The highest BCUT2D eigenvalue weighted by atomic mass is 35.5. The monoisotopic (exact) mass is 299 g/mol. The molecule has 0 aromatic carbocycles. The Hall–Kier alpha value is -1.33. The van der Waals surface area contributed by atoms with Crippen molar-refractivity contribution >= 4 is 17.6 Å². The van der Waals surface area contributed by atoms with Crippen LogP contribution in [0.1, 0.15) is 49.1 Å². The number of hydrogen-bond donors (Lipinski definition) is 1. The maximum atomic E-state index is 10.7. The summed E-state index contributed by atoms with van der Waals surface area (Å²) in [4.78, 5) is 14.9. The van der Waals surface area contributed by atoms with Gasteiger partial charge in [0.1, 0.15) is 10.9 Å². The number of hydrogen-bond acceptors (Lipinski definition) is 4. The number of carboxylic acids is 1. The van der Waals surface area contributed by atoms with Gasteiger partial charge in [0, 0.05) is 11.1 Å². The Kier molecular flexibility index (Phi) is 4.83. The Morgan fingerprint density at radius 1 is 1.60 bits per heavy atom. The number of halogens is 1. The number of nitrogens with zero attached hydrogens (tertiary/aromatic N) is 1. The molecular formula is C14H18ClNO4. The second-order valence-corrected chi connectivity index (χ2v) is 5.19. The molecule has 110 valence electrons. The first-order valence-electron chi connectivity index (χ1n) is 6.69. The van der Waals surface area contributed by atoms with Crippen LogP contribution in [0.25, 0.3) is 0 Å². The summed E-state index contributed by atoms with van der Waals surface area (Å²) in [6.07, 6.45) is 2.93. The van der Waals surface area contributed by atoms with Crippen LogP contribution in [0.15, 0.2) is 0 Å². The Morgan fingerprint density at radius 2 is 2.35 bits per heavy atom. The molecule has 6 heteroatoms. The van der Waals surface area contributed by atoms with Gasteiger partial charge in [0.25, 0.3) is 0 Å². The van der Waals surface area contributed by atoms with Crippen molar-refractivity contribution in [2.45, 2.75) is 45.8 Å². The number of aromatic nitrogens is 1. The lowest BCUT2D eigenvalue weighted by Crippen LogP contribution is -2.12. The van der Waals surface area contributed by atoms with Crippen LogP contribution in [0.4, 0.5) is 0 Å². The van der Waals surface area contributed by atoms with Crippen molar-refractivity contribution < 1.29 is 19.4 Å². The maximum Gasteiger partial charge on any atom is 0.341 e. The van der Waals surface area contributed by atoms with E-state index in [1.165, 1.54) is 0 Å². The van der Waals surface area contributed by atoms with Crippen molar-refractivity contribution in [1.29, 1.82) is 0 Å². The number of carboxylic acid groups (broad SMARTS) is 1. The Balaban J connectivity index is 2.31. The molecule has 5 nitrogen and oxygen atoms in total. The predicted octanol–water partition coefficient (Wildman–Crippen LogP) is 3.27. The van der Waals surface area contributed by atoms with E-state index >= 15 is 0 Å². The smallest absolute Gasteiger partial charge is 0.341 e. The molecule has 2 rings (SSSR count). The summed E-state index contributed by atoms with van der Waals surface area (Å²) in [7, 11) is 0. The number of aryl methyl sites for hydroxylation is 1. The molecule has 1 aliphatic rings. The minimum Gasteiger partial charge on any atom is -0.480 e. The second-order valence-electron chi connectivity index (χ2n) is 4.83. The molecule has 0 fully saturated rings. The Bertz CT molecular complexity index is 518. The summed E-state index contributed by atoms with van der Waals surface area (Å²) in [5.74, 6) is -0.527. The van der Waals surface area contributed by atoms with E-state index < -0.39 is 12.6 Å². The third-order valence-corrected chi connectivity index (χ3v) is 3.61. The lowest BCUT2D eigenvalue weighted by atomic mass is 10.0. The molecule has 20 heavy (non-hydrogen) atoms. The number of ether oxygens (including phenoxy) is 2. The fraction of sp³-hybridized carbons (Fsp3) is 0.571. The van der Waals surface area contributed by atoms with Gasteiger partial charge in [0.05, 0.1) is 18.4 Å². The molecule has 1 N–H and O–H groups in total. The van der Waals surface area contributed by atoms with Gasteiger partial charge in [-0.1, -0.05) is 31.4 Å². The van der Waals surface area contributed by atoms with Crippen LogP contribution in [0.5, 0.6) is 5.75 Å². The van der Waals surface area contributed by atoms with Crippen LogP contribution in [-0.4, -0.2) is 22.7 Å². The first kappa shape index (κ1) is 15.1. The van der Waals surface area contributed by atoms with E-state index in [1.54, 1.807) is 6.92 Å². The second kappa shape index (κ2) is 6.41.